The first kappa shape index (κ1) is 80.3. The minimum Gasteiger partial charge on any atom is -0.479 e. The summed E-state index contributed by atoms with van der Waals surface area (Å²) >= 11 is 0. The molecule has 7 aliphatic heterocycles. The average molecular weight is 1530 g/mol. The zero-order valence-corrected chi connectivity index (χ0v) is 54.1. The molecule has 0 amide bonds. The van der Waals surface area contributed by atoms with E-state index in [-0.39, 0.29) is 0 Å². The van der Waals surface area contributed by atoms with E-state index in [4.69, 9.17) is 88.9 Å². The van der Waals surface area contributed by atoms with Crippen LogP contribution in [-0.2, 0) is 192 Å². The molecule has 0 aromatic carbocycles. The molecule has 7 aliphatic rings. The Hall–Kier alpha value is -2.65. The van der Waals surface area contributed by atoms with Gasteiger partial charge in [0.1, 0.15) is 97.7 Å². The van der Waals surface area contributed by atoms with Crippen molar-refractivity contribution in [2.45, 2.75) is 153 Å². The quantitative estimate of drug-likeness (QED) is 0.0270. The summed E-state index contributed by atoms with van der Waals surface area (Å²) in [6.45, 7) is -5.64. The van der Waals surface area contributed by atoms with Crippen LogP contribution in [0.5, 0.6) is 0 Å². The fraction of sp³-hybridized carbons (Fsp3) is 0.947. The Morgan fingerprint density at radius 2 is 0.713 bits per heavy atom. The van der Waals surface area contributed by atoms with Crippen molar-refractivity contribution in [3.8, 4) is 0 Å². The Labute approximate surface area is 532 Å². The van der Waals surface area contributed by atoms with Gasteiger partial charge in [-0.1, -0.05) is 0 Å². The third-order valence-corrected chi connectivity index (χ3v) is 17.3. The third-order valence-electron chi connectivity index (χ3n) is 14.1. The number of hydrogen-bond donors (Lipinski definition) is 9. The van der Waals surface area contributed by atoms with Gasteiger partial charge in [-0.05, 0) is 0 Å². The molecule has 56 heteroatoms. The average Bonchev–Trinajstić information content (AvgIpc) is 0.721. The molecule has 7 heterocycles. The highest BCUT2D eigenvalue weighted by molar-refractivity contribution is 7.82. The Morgan fingerprint density at radius 3 is 1.09 bits per heavy atom. The van der Waals surface area contributed by atoms with Crippen LogP contribution in [0.25, 0.3) is 0 Å². The minimum absolute atomic E-state index is 0.712. The Balaban J connectivity index is 1.43. The number of methoxy groups -OCH3 is 7. The van der Waals surface area contributed by atoms with Crippen molar-refractivity contribution in [3.05, 3.63) is 0 Å². The van der Waals surface area contributed by atoms with Crippen LogP contribution in [0, 0.1) is 0 Å². The van der Waals surface area contributed by atoms with Crippen LogP contribution >= 0.6 is 0 Å². The summed E-state index contributed by atoms with van der Waals surface area (Å²) in [5.74, 6) is -4.29. The van der Waals surface area contributed by atoms with Gasteiger partial charge in [-0.3, -0.25) is 31.9 Å². The number of aliphatic carboxylic acids is 2. The highest BCUT2D eigenvalue weighted by Crippen LogP contribution is 2.46. The number of ether oxygens (including phenoxy) is 17. The van der Waals surface area contributed by atoms with Crippen LogP contribution in [0.3, 0.4) is 0 Å². The fourth-order valence-electron chi connectivity index (χ4n) is 10.6. The lowest BCUT2D eigenvalue weighted by Gasteiger charge is -2.57. The maximum atomic E-state index is 13.7. The van der Waals surface area contributed by atoms with E-state index in [0.29, 0.717) is 7.11 Å². The molecule has 0 saturated carbocycles. The topological polar surface area (TPSA) is 677 Å². The number of hydrogen-bond acceptors (Lipinski definition) is 40. The van der Waals surface area contributed by atoms with E-state index >= 15 is 0 Å². The summed E-state index contributed by atoms with van der Waals surface area (Å²) < 4.78 is 367. The maximum Gasteiger partial charge on any atom is 0.397 e. The van der Waals surface area contributed by atoms with Gasteiger partial charge in [-0.25, -0.2) is 38.9 Å². The van der Waals surface area contributed by atoms with Crippen molar-refractivity contribution in [3.63, 3.8) is 0 Å². The third kappa shape index (κ3) is 20.5. The zero-order valence-electron chi connectivity index (χ0n) is 48.4. The lowest BCUT2D eigenvalue weighted by atomic mass is 9.83. The van der Waals surface area contributed by atoms with Crippen LogP contribution in [0.15, 0.2) is 0 Å². The molecular formula is C38H62O49S7. The molecule has 25 atom stereocenters. The molecule has 0 radical (unpaired) electrons. The van der Waals surface area contributed by atoms with Crippen molar-refractivity contribution >= 4 is 84.7 Å². The van der Waals surface area contributed by atoms with E-state index in [1.807, 2.05) is 0 Å². The van der Waals surface area contributed by atoms with Gasteiger partial charge in [0.2, 0.25) is 5.60 Å². The van der Waals surface area contributed by atoms with Gasteiger partial charge in [-0.2, -0.15) is 58.9 Å². The van der Waals surface area contributed by atoms with E-state index in [2.05, 4.69) is 20.9 Å². The molecule has 94 heavy (non-hydrogen) atoms. The van der Waals surface area contributed by atoms with Crippen LogP contribution < -0.4 is 0 Å². The molecule has 7 rings (SSSR count). The van der Waals surface area contributed by atoms with Gasteiger partial charge in [0.05, 0.1) is 26.4 Å². The second-order valence-corrected chi connectivity index (χ2v) is 27.2. The molecule has 7 saturated heterocycles. The normalized spacial score (nSPS) is 38.9. The summed E-state index contributed by atoms with van der Waals surface area (Å²) in [4.78, 5) is 26.9. The van der Waals surface area contributed by atoms with E-state index in [0.717, 1.165) is 42.7 Å². The molecule has 0 spiro atoms. The first-order chi connectivity index (χ1) is 43.2. The Kier molecular flexibility index (Phi) is 26.9. The van der Waals surface area contributed by atoms with Gasteiger partial charge in [0.15, 0.2) is 49.8 Å². The lowest BCUT2D eigenvalue weighted by Crippen LogP contribution is -2.77. The van der Waals surface area contributed by atoms with Gasteiger partial charge in [-0.15, -0.1) is 0 Å². The smallest absolute Gasteiger partial charge is 0.397 e. The summed E-state index contributed by atoms with van der Waals surface area (Å²) in [5, 5.41) is 21.7. The molecule has 49 nitrogen and oxygen atoms in total. The summed E-state index contributed by atoms with van der Waals surface area (Å²) in [7, 11) is -34.1. The van der Waals surface area contributed by atoms with Gasteiger partial charge in [0.25, 0.3) is 0 Å². The first-order valence-electron chi connectivity index (χ1n) is 25.4. The molecule has 0 aromatic heterocycles. The number of rotatable bonds is 34. The fourth-order valence-corrected chi connectivity index (χ4v) is 13.5. The number of carboxylic acid groups (broad SMARTS) is 2. The number of carboxylic acids is 2. The molecule has 9 N–H and O–H groups in total. The molecule has 0 aromatic rings. The zero-order chi connectivity index (χ0) is 70.8. The predicted octanol–water partition coefficient (Wildman–Crippen LogP) is -7.96. The minimum atomic E-state index is -6.20. The maximum absolute atomic E-state index is 13.7. The largest absolute Gasteiger partial charge is 0.479 e. The summed E-state index contributed by atoms with van der Waals surface area (Å²) in [5.41, 5.74) is -3.36. The summed E-state index contributed by atoms with van der Waals surface area (Å²) in [6.07, 6.45) is -55.7. The van der Waals surface area contributed by atoms with Crippen molar-refractivity contribution in [2.24, 2.45) is 0 Å². The predicted molar refractivity (Wildman–Crippen MR) is 277 cm³/mol. The molecule has 0 aliphatic carbocycles. The number of fused-ring (bicyclic) bond motifs is 3. The van der Waals surface area contributed by atoms with Crippen molar-refractivity contribution in [1.29, 1.82) is 0 Å². The Bertz CT molecular complexity index is 3410. The van der Waals surface area contributed by atoms with E-state index in [1.165, 1.54) is 0 Å². The SMILES string of the molecule is CO[C@H]1O[C@H](COS(=O)(=O)O)[C@@H](O[C@@H]2O[C@@]3(C(=O)O)CO[C@@H]2[C@@H](OC)[C@@H]3O[C@H]2O[C@H](COS(=O)(=O)O)[C@@H](O[C@@H]3O[C@H](C(=O)O)[C@@H](O[C@H]4O[C@H](COS(=O)(=O)O)[C@@H](OC)[C@H](OC)[C@H]4OC)[C@H](OC)[C@H]3OC)[C@H](OS(=O)(=O)O)[C@H]2OS(=O)(=O)O)[C@H](OS(=O)(=O)O)[C@H]1OS(=O)(=O)O. The summed E-state index contributed by atoms with van der Waals surface area (Å²) in [6, 6.07) is 0. The highest BCUT2D eigenvalue weighted by atomic mass is 32.3. The second kappa shape index (κ2) is 31.5. The monoisotopic (exact) mass is 1530 g/mol. The molecule has 7 fully saturated rings. The van der Waals surface area contributed by atoms with Crippen LogP contribution in [-0.4, -0.2) is 342 Å². The van der Waals surface area contributed by atoms with E-state index < -0.39 is 264 Å². The van der Waals surface area contributed by atoms with Crippen LogP contribution in [0.4, 0.5) is 0 Å². The number of carbonyl (C=O) groups is 2. The molecule has 0 unspecified atom stereocenters. The van der Waals surface area contributed by atoms with E-state index in [1.54, 1.807) is 0 Å². The van der Waals surface area contributed by atoms with Crippen LogP contribution in [0.2, 0.25) is 0 Å². The highest BCUT2D eigenvalue weighted by Gasteiger charge is 2.69. The molecule has 550 valence electrons. The van der Waals surface area contributed by atoms with Gasteiger partial charge >= 0.3 is 84.7 Å². The lowest BCUT2D eigenvalue weighted by molar-refractivity contribution is -0.427. The first-order valence-corrected chi connectivity index (χ1v) is 35.0. The van der Waals surface area contributed by atoms with Crippen molar-refractivity contribution < 1.29 is 220 Å². The standard InChI is InChI=1S/C38H62O49S7/c1-64-15-12(8-72-88(43,44)45)76-33(25(68-5)18(15)65-2)80-20-19(66-3)26(69-6)34(81-24(20)31(39)40)78-16-14(10-74-90(49,50)51)77-35(29(87-94(61,62)63)22(16)85-92(55,56)57)82-30-23(67-4)27-36(83-38(30,11-71-27)37(41)42)79-17-13(9-73-89(46,47)48)75-32(70-7)28(86-93(58,59)60)21(17)84-91(52,53)54/h12-30,32-36H,8-11H2,1-7H3,(H,39,40)(H,41,42)(H,43,44,45)(H,46,47,48)(H,49,50,51)(H,52,53,54)(H,55,56,57)(H,58,59,60)(H,61,62,63)/t12-,13-,14-,15-,16-,17-,18+,19+,20+,21+,22+,23-,24+,25-,26-,27-,28-,29-,30+,32+,33-,34-,35-,36-,38+/m1/s1. The second-order valence-electron chi connectivity index (χ2n) is 19.7. The van der Waals surface area contributed by atoms with Crippen molar-refractivity contribution in [2.75, 3.05) is 76.2 Å². The van der Waals surface area contributed by atoms with Crippen molar-refractivity contribution in [1.82, 2.24) is 0 Å². The van der Waals surface area contributed by atoms with Gasteiger partial charge < -0.3 is 90.7 Å². The van der Waals surface area contributed by atoms with Gasteiger partial charge in [0, 0.05) is 49.8 Å². The molecular weight excluding hydrogens is 1460 g/mol. The molecule has 2 bridgehead atoms. The van der Waals surface area contributed by atoms with Crippen LogP contribution in [0.1, 0.15) is 0 Å². The van der Waals surface area contributed by atoms with E-state index in [9.17, 15) is 111 Å². The Morgan fingerprint density at radius 1 is 0.372 bits per heavy atom.